The Hall–Kier alpha value is -1.53. The van der Waals surface area contributed by atoms with Crippen molar-refractivity contribution >= 4 is 15.9 Å². The van der Waals surface area contributed by atoms with Crippen molar-refractivity contribution < 1.29 is 18.6 Å². The van der Waals surface area contributed by atoms with E-state index >= 15 is 0 Å². The van der Waals surface area contributed by atoms with Crippen molar-refractivity contribution in [2.45, 2.75) is 12.5 Å². The first kappa shape index (κ1) is 14.9. The van der Waals surface area contributed by atoms with Crippen LogP contribution in [0.25, 0.3) is 0 Å². The number of benzene rings is 1. The van der Waals surface area contributed by atoms with Gasteiger partial charge in [-0.1, -0.05) is 6.07 Å². The minimum absolute atomic E-state index is 0.153. The van der Waals surface area contributed by atoms with E-state index in [0.29, 0.717) is 11.6 Å². The van der Waals surface area contributed by atoms with Crippen LogP contribution in [-0.4, -0.2) is 17.2 Å². The maximum Gasteiger partial charge on any atom is 0.213 e. The first-order valence-electron chi connectivity index (χ1n) is 5.84. The summed E-state index contributed by atoms with van der Waals surface area (Å²) in [5, 5.41) is 10.1. The SMILES string of the molecule is COc1cccc(C(O)Cc2c(F)ccc(Br)c2F)n1. The van der Waals surface area contributed by atoms with Crippen LogP contribution in [0.3, 0.4) is 0 Å². The molecule has 0 saturated carbocycles. The maximum absolute atomic E-state index is 13.8. The average molecular weight is 344 g/mol. The van der Waals surface area contributed by atoms with Gasteiger partial charge in [-0.15, -0.1) is 0 Å². The third kappa shape index (κ3) is 3.13. The molecule has 1 atom stereocenters. The molecule has 20 heavy (non-hydrogen) atoms. The minimum Gasteiger partial charge on any atom is -0.481 e. The Morgan fingerprint density at radius 2 is 2.05 bits per heavy atom. The predicted octanol–water partition coefficient (Wildman–Crippen LogP) is 3.41. The molecule has 2 rings (SSSR count). The van der Waals surface area contributed by atoms with Crippen LogP contribution in [0, 0.1) is 11.6 Å². The second-order valence-corrected chi connectivity index (χ2v) is 5.00. The van der Waals surface area contributed by atoms with Crippen molar-refractivity contribution in [3.8, 4) is 5.88 Å². The molecule has 3 nitrogen and oxygen atoms in total. The summed E-state index contributed by atoms with van der Waals surface area (Å²) in [5.41, 5.74) is 0.111. The van der Waals surface area contributed by atoms with Crippen molar-refractivity contribution in [3.05, 3.63) is 57.7 Å². The van der Waals surface area contributed by atoms with Crippen LogP contribution in [-0.2, 0) is 6.42 Å². The summed E-state index contributed by atoms with van der Waals surface area (Å²) in [6.07, 6.45) is -1.33. The van der Waals surface area contributed by atoms with E-state index in [1.807, 2.05) is 0 Å². The molecule has 0 spiro atoms. The van der Waals surface area contributed by atoms with Gasteiger partial charge in [0.2, 0.25) is 5.88 Å². The number of aliphatic hydroxyl groups is 1. The van der Waals surface area contributed by atoms with E-state index in [9.17, 15) is 13.9 Å². The molecule has 106 valence electrons. The number of hydrogen-bond acceptors (Lipinski definition) is 3. The van der Waals surface area contributed by atoms with Crippen LogP contribution in [0.5, 0.6) is 5.88 Å². The second kappa shape index (κ2) is 6.28. The first-order valence-corrected chi connectivity index (χ1v) is 6.63. The molecule has 0 aliphatic rings. The Morgan fingerprint density at radius 1 is 1.30 bits per heavy atom. The van der Waals surface area contributed by atoms with E-state index in [1.54, 1.807) is 18.2 Å². The number of aromatic nitrogens is 1. The van der Waals surface area contributed by atoms with E-state index in [4.69, 9.17) is 4.74 Å². The largest absolute Gasteiger partial charge is 0.481 e. The quantitative estimate of drug-likeness (QED) is 0.865. The number of rotatable bonds is 4. The average Bonchev–Trinajstić information content (AvgIpc) is 2.47. The molecule has 0 saturated heterocycles. The van der Waals surface area contributed by atoms with E-state index in [1.165, 1.54) is 13.2 Å². The van der Waals surface area contributed by atoms with Crippen LogP contribution in [0.2, 0.25) is 0 Å². The summed E-state index contributed by atoms with van der Waals surface area (Å²) < 4.78 is 32.6. The lowest BCUT2D eigenvalue weighted by Gasteiger charge is -2.13. The fourth-order valence-corrected chi connectivity index (χ4v) is 2.16. The summed E-state index contributed by atoms with van der Waals surface area (Å²) in [6, 6.07) is 7.27. The fraction of sp³-hybridized carbons (Fsp3) is 0.214. The molecule has 1 aromatic heterocycles. The molecular weight excluding hydrogens is 332 g/mol. The van der Waals surface area contributed by atoms with Gasteiger partial charge in [0.15, 0.2) is 0 Å². The van der Waals surface area contributed by atoms with E-state index < -0.39 is 17.7 Å². The Kier molecular flexibility index (Phi) is 4.67. The molecule has 0 aliphatic carbocycles. The zero-order valence-electron chi connectivity index (χ0n) is 10.6. The standard InChI is InChI=1S/C14H12BrF2NO2/c1-20-13-4-2-3-11(18-13)12(19)7-8-10(16)6-5-9(15)14(8)17/h2-6,12,19H,7H2,1H3. The molecule has 1 heterocycles. The second-order valence-electron chi connectivity index (χ2n) is 4.15. The summed E-state index contributed by atoms with van der Waals surface area (Å²) in [4.78, 5) is 4.04. The molecule has 1 N–H and O–H groups in total. The highest BCUT2D eigenvalue weighted by atomic mass is 79.9. The van der Waals surface area contributed by atoms with Crippen LogP contribution in [0.15, 0.2) is 34.8 Å². The Labute approximate surface area is 123 Å². The lowest BCUT2D eigenvalue weighted by Crippen LogP contribution is -2.08. The van der Waals surface area contributed by atoms with Crippen LogP contribution >= 0.6 is 15.9 Å². The molecule has 0 radical (unpaired) electrons. The van der Waals surface area contributed by atoms with Gasteiger partial charge in [0, 0.05) is 18.1 Å². The highest BCUT2D eigenvalue weighted by Crippen LogP contribution is 2.26. The summed E-state index contributed by atoms with van der Waals surface area (Å²) in [6.45, 7) is 0. The molecule has 0 aliphatic heterocycles. The van der Waals surface area contributed by atoms with Crippen LogP contribution in [0.1, 0.15) is 17.4 Å². The van der Waals surface area contributed by atoms with Crippen molar-refractivity contribution in [2.24, 2.45) is 0 Å². The highest BCUT2D eigenvalue weighted by Gasteiger charge is 2.18. The number of hydrogen-bond donors (Lipinski definition) is 1. The van der Waals surface area contributed by atoms with Crippen molar-refractivity contribution in [3.63, 3.8) is 0 Å². The van der Waals surface area contributed by atoms with Gasteiger partial charge in [-0.25, -0.2) is 13.8 Å². The zero-order chi connectivity index (χ0) is 14.7. The van der Waals surface area contributed by atoms with Gasteiger partial charge in [-0.2, -0.15) is 0 Å². The summed E-state index contributed by atoms with van der Waals surface area (Å²) >= 11 is 2.99. The molecular formula is C14H12BrF2NO2. The maximum atomic E-state index is 13.8. The van der Waals surface area contributed by atoms with Gasteiger partial charge in [-0.3, -0.25) is 0 Å². The van der Waals surface area contributed by atoms with Crippen LogP contribution in [0.4, 0.5) is 8.78 Å². The van der Waals surface area contributed by atoms with E-state index in [0.717, 1.165) is 6.07 Å². The third-order valence-corrected chi connectivity index (χ3v) is 3.44. The van der Waals surface area contributed by atoms with Gasteiger partial charge in [-0.05, 0) is 34.1 Å². The van der Waals surface area contributed by atoms with Gasteiger partial charge < -0.3 is 9.84 Å². The van der Waals surface area contributed by atoms with Gasteiger partial charge >= 0.3 is 0 Å². The van der Waals surface area contributed by atoms with Gasteiger partial charge in [0.1, 0.15) is 17.7 Å². The lowest BCUT2D eigenvalue weighted by molar-refractivity contribution is 0.169. The third-order valence-electron chi connectivity index (χ3n) is 2.83. The Bertz CT molecular complexity index is 622. The molecule has 2 aromatic rings. The topological polar surface area (TPSA) is 42.4 Å². The van der Waals surface area contributed by atoms with E-state index in [2.05, 4.69) is 20.9 Å². The molecule has 6 heteroatoms. The smallest absolute Gasteiger partial charge is 0.213 e. The number of nitrogens with zero attached hydrogens (tertiary/aromatic N) is 1. The molecule has 1 aromatic carbocycles. The predicted molar refractivity (Wildman–Crippen MR) is 73.5 cm³/mol. The zero-order valence-corrected chi connectivity index (χ0v) is 12.2. The molecule has 0 amide bonds. The Balaban J connectivity index is 2.27. The Morgan fingerprint density at radius 3 is 2.75 bits per heavy atom. The minimum atomic E-state index is -1.12. The monoisotopic (exact) mass is 343 g/mol. The van der Waals surface area contributed by atoms with Gasteiger partial charge in [0.25, 0.3) is 0 Å². The number of pyridine rings is 1. The number of halogens is 3. The number of methoxy groups -OCH3 is 1. The van der Waals surface area contributed by atoms with Crippen LogP contribution < -0.4 is 4.74 Å². The number of aliphatic hydroxyl groups excluding tert-OH is 1. The lowest BCUT2D eigenvalue weighted by atomic mass is 10.0. The highest BCUT2D eigenvalue weighted by molar-refractivity contribution is 9.10. The van der Waals surface area contributed by atoms with Crippen molar-refractivity contribution in [1.82, 2.24) is 4.98 Å². The van der Waals surface area contributed by atoms with E-state index in [-0.39, 0.29) is 16.5 Å². The fourth-order valence-electron chi connectivity index (χ4n) is 1.78. The normalized spacial score (nSPS) is 12.2. The summed E-state index contributed by atoms with van der Waals surface area (Å²) in [7, 11) is 1.45. The molecule has 0 bridgehead atoms. The first-order chi connectivity index (χ1) is 9.52. The number of ether oxygens (including phenoxy) is 1. The van der Waals surface area contributed by atoms with Gasteiger partial charge in [0.05, 0.1) is 17.3 Å². The van der Waals surface area contributed by atoms with Crippen molar-refractivity contribution in [1.29, 1.82) is 0 Å². The molecule has 0 fully saturated rings. The summed E-state index contributed by atoms with van der Waals surface area (Å²) in [5.74, 6) is -1.09. The van der Waals surface area contributed by atoms with Crippen molar-refractivity contribution in [2.75, 3.05) is 7.11 Å². The molecule has 1 unspecified atom stereocenters.